The van der Waals surface area contributed by atoms with Crippen molar-refractivity contribution in [2.24, 2.45) is 0 Å². The van der Waals surface area contributed by atoms with Gasteiger partial charge in [0.2, 0.25) is 0 Å². The van der Waals surface area contributed by atoms with Gasteiger partial charge in [-0.3, -0.25) is 20.4 Å². The second-order valence-electron chi connectivity index (χ2n) is 6.76. The zero-order valence-electron chi connectivity index (χ0n) is 17.7. The molecular weight excluding hydrogens is 448 g/mol. The summed E-state index contributed by atoms with van der Waals surface area (Å²) in [6.45, 7) is 0. The van der Waals surface area contributed by atoms with Crippen molar-refractivity contribution in [3.05, 3.63) is 83.2 Å². The van der Waals surface area contributed by atoms with E-state index in [0.29, 0.717) is 33.7 Å². The van der Waals surface area contributed by atoms with Gasteiger partial charge in [0, 0.05) is 16.7 Å². The molecule has 4 rings (SSSR count). The highest BCUT2D eigenvalue weighted by molar-refractivity contribution is 6.30. The molecule has 0 saturated carbocycles. The summed E-state index contributed by atoms with van der Waals surface area (Å²) in [5, 5.41) is 4.95. The van der Waals surface area contributed by atoms with E-state index in [-0.39, 0.29) is 11.3 Å². The van der Waals surface area contributed by atoms with Crippen LogP contribution in [0.5, 0.6) is 11.5 Å². The average Bonchev–Trinajstić information content (AvgIpc) is 3.52. The third kappa shape index (κ3) is 4.68. The summed E-state index contributed by atoms with van der Waals surface area (Å²) in [5.41, 5.74) is 6.32. The molecule has 0 unspecified atom stereocenters. The van der Waals surface area contributed by atoms with Gasteiger partial charge in [0.25, 0.3) is 11.8 Å². The third-order valence-corrected chi connectivity index (χ3v) is 4.97. The van der Waals surface area contributed by atoms with Crippen molar-refractivity contribution in [2.75, 3.05) is 14.2 Å². The van der Waals surface area contributed by atoms with Crippen LogP contribution in [0.3, 0.4) is 0 Å². The molecule has 0 spiro atoms. The Morgan fingerprint density at radius 1 is 0.939 bits per heavy atom. The van der Waals surface area contributed by atoms with Gasteiger partial charge in [0.15, 0.2) is 23.0 Å². The molecule has 0 aliphatic heterocycles. The Hall–Kier alpha value is -4.24. The van der Waals surface area contributed by atoms with Gasteiger partial charge in [-0.05, 0) is 54.6 Å². The lowest BCUT2D eigenvalue weighted by Crippen LogP contribution is -2.41. The molecule has 0 saturated heterocycles. The number of rotatable bonds is 6. The molecule has 2 amide bonds. The highest BCUT2D eigenvalue weighted by Crippen LogP contribution is 2.28. The summed E-state index contributed by atoms with van der Waals surface area (Å²) in [5.74, 6) is 0.250. The number of carbonyl (C=O) groups excluding carboxylic acids is 2. The van der Waals surface area contributed by atoms with E-state index in [1.54, 1.807) is 59.3 Å². The van der Waals surface area contributed by atoms with Gasteiger partial charge < -0.3 is 13.9 Å². The molecule has 0 aliphatic rings. The lowest BCUT2D eigenvalue weighted by molar-refractivity contribution is 0.0843. The van der Waals surface area contributed by atoms with Gasteiger partial charge in [-0.2, -0.15) is 5.10 Å². The third-order valence-electron chi connectivity index (χ3n) is 4.72. The first-order chi connectivity index (χ1) is 16.0. The van der Waals surface area contributed by atoms with Crippen molar-refractivity contribution in [3.8, 4) is 28.6 Å². The number of methoxy groups -OCH3 is 2. The first-order valence-electron chi connectivity index (χ1n) is 9.72. The number of nitrogens with one attached hydrogen (secondary N) is 2. The van der Waals surface area contributed by atoms with Crippen molar-refractivity contribution < 1.29 is 23.5 Å². The van der Waals surface area contributed by atoms with Crippen LogP contribution in [0.4, 0.5) is 0 Å². The Kier molecular flexibility index (Phi) is 6.32. The number of aromatic nitrogens is 2. The molecule has 2 aromatic heterocycles. The summed E-state index contributed by atoms with van der Waals surface area (Å²) in [4.78, 5) is 25.2. The van der Waals surface area contributed by atoms with E-state index in [9.17, 15) is 9.59 Å². The second kappa shape index (κ2) is 9.49. The summed E-state index contributed by atoms with van der Waals surface area (Å²) >= 11 is 5.98. The standard InChI is InChI=1S/C23H19ClN4O5/c1-31-20-10-5-14(12-21(20)32-2)22(29)25-26-23(30)17-13-18(19-4-3-11-33-19)28(27-17)16-8-6-15(24)7-9-16/h3-13H,1-2H3,(H,25,29)(H,26,30). The van der Waals surface area contributed by atoms with Crippen LogP contribution < -0.4 is 20.3 Å². The molecule has 0 radical (unpaired) electrons. The van der Waals surface area contributed by atoms with Gasteiger partial charge in [0.05, 0.1) is 26.2 Å². The minimum Gasteiger partial charge on any atom is -0.493 e. The monoisotopic (exact) mass is 466 g/mol. The van der Waals surface area contributed by atoms with Crippen LogP contribution in [0.15, 0.2) is 71.3 Å². The number of furan rings is 1. The number of benzene rings is 2. The zero-order valence-corrected chi connectivity index (χ0v) is 18.4. The van der Waals surface area contributed by atoms with E-state index in [2.05, 4.69) is 16.0 Å². The number of amides is 2. The van der Waals surface area contributed by atoms with Gasteiger partial charge in [-0.15, -0.1) is 0 Å². The summed E-state index contributed by atoms with van der Waals surface area (Å²) in [6.07, 6.45) is 1.53. The fourth-order valence-corrected chi connectivity index (χ4v) is 3.22. The number of hydrazine groups is 1. The van der Waals surface area contributed by atoms with Crippen LogP contribution in [0.25, 0.3) is 17.1 Å². The topological polar surface area (TPSA) is 108 Å². The number of carbonyl (C=O) groups is 2. The molecule has 9 nitrogen and oxygen atoms in total. The Balaban J connectivity index is 1.54. The van der Waals surface area contributed by atoms with Crippen LogP contribution in [0.2, 0.25) is 5.02 Å². The van der Waals surface area contributed by atoms with Gasteiger partial charge in [-0.25, -0.2) is 4.68 Å². The maximum Gasteiger partial charge on any atom is 0.290 e. The summed E-state index contributed by atoms with van der Waals surface area (Å²) < 4.78 is 17.4. The number of ether oxygens (including phenoxy) is 2. The molecule has 2 heterocycles. The number of halogens is 1. The maximum absolute atomic E-state index is 12.7. The molecule has 0 fully saturated rings. The second-order valence-corrected chi connectivity index (χ2v) is 7.19. The van der Waals surface area contributed by atoms with E-state index in [4.69, 9.17) is 25.5 Å². The molecule has 4 aromatic rings. The minimum atomic E-state index is -0.607. The molecule has 0 bridgehead atoms. The van der Waals surface area contributed by atoms with Crippen LogP contribution in [0.1, 0.15) is 20.8 Å². The van der Waals surface area contributed by atoms with Crippen molar-refractivity contribution in [1.29, 1.82) is 0 Å². The smallest absolute Gasteiger partial charge is 0.290 e. The molecule has 0 aliphatic carbocycles. The van der Waals surface area contributed by atoms with Crippen molar-refractivity contribution in [3.63, 3.8) is 0 Å². The van der Waals surface area contributed by atoms with Crippen molar-refractivity contribution >= 4 is 23.4 Å². The highest BCUT2D eigenvalue weighted by Gasteiger charge is 2.19. The number of hydrogen-bond acceptors (Lipinski definition) is 6. The maximum atomic E-state index is 12.7. The lowest BCUT2D eigenvalue weighted by atomic mass is 10.2. The SMILES string of the molecule is COc1ccc(C(=O)NNC(=O)c2cc(-c3ccco3)n(-c3ccc(Cl)cc3)n2)cc1OC. The highest BCUT2D eigenvalue weighted by atomic mass is 35.5. The molecule has 33 heavy (non-hydrogen) atoms. The predicted octanol–water partition coefficient (Wildman–Crippen LogP) is 3.88. The minimum absolute atomic E-state index is 0.0731. The lowest BCUT2D eigenvalue weighted by Gasteiger charge is -2.10. The zero-order chi connectivity index (χ0) is 23.4. The average molecular weight is 467 g/mol. The number of hydrogen-bond donors (Lipinski definition) is 2. The van der Waals surface area contributed by atoms with Crippen molar-refractivity contribution in [1.82, 2.24) is 20.6 Å². The molecule has 0 atom stereocenters. The Labute approximate surface area is 193 Å². The molecule has 168 valence electrons. The Morgan fingerprint density at radius 3 is 2.33 bits per heavy atom. The number of nitrogens with zero attached hydrogens (tertiary/aromatic N) is 2. The fourth-order valence-electron chi connectivity index (χ4n) is 3.10. The Bertz CT molecular complexity index is 1280. The van der Waals surface area contributed by atoms with E-state index >= 15 is 0 Å². The van der Waals surface area contributed by atoms with Crippen LogP contribution in [-0.2, 0) is 0 Å². The largest absolute Gasteiger partial charge is 0.493 e. The van der Waals surface area contributed by atoms with Gasteiger partial charge >= 0.3 is 0 Å². The normalized spacial score (nSPS) is 10.5. The summed E-state index contributed by atoms with van der Waals surface area (Å²) in [7, 11) is 2.97. The quantitative estimate of drug-likeness (QED) is 0.417. The van der Waals surface area contributed by atoms with Crippen LogP contribution >= 0.6 is 11.6 Å². The molecular formula is C23H19ClN4O5. The van der Waals surface area contributed by atoms with Crippen molar-refractivity contribution in [2.45, 2.75) is 0 Å². The Morgan fingerprint density at radius 2 is 1.67 bits per heavy atom. The summed E-state index contributed by atoms with van der Waals surface area (Å²) in [6, 6.07) is 16.7. The predicted molar refractivity (Wildman–Crippen MR) is 121 cm³/mol. The van der Waals surface area contributed by atoms with Crippen LogP contribution in [-0.4, -0.2) is 35.8 Å². The van der Waals surface area contributed by atoms with E-state index in [1.807, 2.05) is 0 Å². The van der Waals surface area contributed by atoms with Gasteiger partial charge in [-0.1, -0.05) is 11.6 Å². The van der Waals surface area contributed by atoms with E-state index < -0.39 is 11.8 Å². The first kappa shape index (κ1) is 22.0. The van der Waals surface area contributed by atoms with Crippen LogP contribution in [0, 0.1) is 0 Å². The molecule has 2 aromatic carbocycles. The molecule has 10 heteroatoms. The van der Waals surface area contributed by atoms with Gasteiger partial charge in [0.1, 0.15) is 5.69 Å². The first-order valence-corrected chi connectivity index (χ1v) is 10.1. The van der Waals surface area contributed by atoms with E-state index in [1.165, 1.54) is 26.5 Å². The van der Waals surface area contributed by atoms with E-state index in [0.717, 1.165) is 0 Å². The fraction of sp³-hybridized carbons (Fsp3) is 0.0870. The molecule has 2 N–H and O–H groups in total.